The van der Waals surface area contributed by atoms with Crippen molar-refractivity contribution in [2.24, 2.45) is 5.73 Å². The third-order valence-corrected chi connectivity index (χ3v) is 4.69. The summed E-state index contributed by atoms with van der Waals surface area (Å²) in [4.78, 5) is 16.0. The van der Waals surface area contributed by atoms with E-state index < -0.39 is 5.91 Å². The first-order chi connectivity index (χ1) is 11.5. The van der Waals surface area contributed by atoms with Crippen LogP contribution in [-0.4, -0.2) is 10.9 Å². The number of carbonyl (C=O) groups is 1. The molecule has 0 saturated carbocycles. The zero-order valence-electron chi connectivity index (χ0n) is 13.0. The number of amides is 1. The number of halogens is 1. The first-order valence-corrected chi connectivity index (χ1v) is 8.53. The molecule has 0 fully saturated rings. The minimum Gasteiger partial charge on any atom is -0.486 e. The van der Waals surface area contributed by atoms with Crippen LogP contribution in [0.4, 0.5) is 0 Å². The van der Waals surface area contributed by atoms with Crippen LogP contribution in [0.2, 0.25) is 5.02 Å². The molecule has 0 aliphatic carbocycles. The molecule has 1 heterocycles. The third kappa shape index (κ3) is 3.58. The smallest absolute Gasteiger partial charge is 0.252 e. The Morgan fingerprint density at radius 3 is 2.83 bits per heavy atom. The molecule has 0 spiro atoms. The van der Waals surface area contributed by atoms with Crippen molar-refractivity contribution in [2.45, 2.75) is 13.5 Å². The van der Waals surface area contributed by atoms with Gasteiger partial charge in [-0.05, 0) is 30.7 Å². The van der Waals surface area contributed by atoms with E-state index in [1.54, 1.807) is 12.1 Å². The van der Waals surface area contributed by atoms with Crippen molar-refractivity contribution in [2.75, 3.05) is 0 Å². The molecule has 3 aromatic rings. The second-order valence-electron chi connectivity index (χ2n) is 5.28. The minimum atomic E-state index is -0.514. The quantitative estimate of drug-likeness (QED) is 0.732. The number of primary amides is 1. The number of hydrogen-bond donors (Lipinski definition) is 1. The van der Waals surface area contributed by atoms with E-state index >= 15 is 0 Å². The van der Waals surface area contributed by atoms with Gasteiger partial charge in [0, 0.05) is 10.9 Å². The number of hydrogen-bond acceptors (Lipinski definition) is 4. The van der Waals surface area contributed by atoms with E-state index in [1.807, 2.05) is 42.6 Å². The molecule has 3 rings (SSSR count). The summed E-state index contributed by atoms with van der Waals surface area (Å²) < 4.78 is 5.76. The maximum atomic E-state index is 11.5. The highest BCUT2D eigenvalue weighted by atomic mass is 35.5. The normalized spacial score (nSPS) is 10.6. The number of benzene rings is 2. The largest absolute Gasteiger partial charge is 0.486 e. The number of thiazole rings is 1. The summed E-state index contributed by atoms with van der Waals surface area (Å²) in [6.07, 6.45) is 0. The van der Waals surface area contributed by atoms with Crippen LogP contribution in [0.5, 0.6) is 5.75 Å². The Balaban J connectivity index is 1.78. The van der Waals surface area contributed by atoms with Crippen molar-refractivity contribution < 1.29 is 9.53 Å². The van der Waals surface area contributed by atoms with E-state index in [2.05, 4.69) is 4.98 Å². The second-order valence-corrected chi connectivity index (χ2v) is 6.54. The number of carbonyl (C=O) groups excluding carboxylic acids is 1. The highest BCUT2D eigenvalue weighted by Gasteiger charge is 2.12. The standard InChI is InChI=1S/C18H15ClN2O2S/c1-11-6-7-14(17(20)22)16(8-11)23-9-12-10-24-18(21-12)13-4-2-3-5-15(13)19/h2-8,10H,9H2,1H3,(H2,20,22). The number of nitrogens with two attached hydrogens (primary N) is 1. The van der Waals surface area contributed by atoms with Gasteiger partial charge in [-0.25, -0.2) is 4.98 Å². The molecule has 1 amide bonds. The minimum absolute atomic E-state index is 0.255. The summed E-state index contributed by atoms with van der Waals surface area (Å²) in [5.41, 5.74) is 8.40. The lowest BCUT2D eigenvalue weighted by Gasteiger charge is -2.09. The summed E-state index contributed by atoms with van der Waals surface area (Å²) in [6.45, 7) is 2.18. The zero-order chi connectivity index (χ0) is 17.1. The Morgan fingerprint density at radius 2 is 2.08 bits per heavy atom. The molecule has 0 aliphatic heterocycles. The van der Waals surface area contributed by atoms with Crippen molar-refractivity contribution in [3.63, 3.8) is 0 Å². The fourth-order valence-electron chi connectivity index (χ4n) is 2.24. The number of rotatable bonds is 5. The van der Waals surface area contributed by atoms with Gasteiger partial charge in [-0.2, -0.15) is 0 Å². The molecule has 0 saturated heterocycles. The SMILES string of the molecule is Cc1ccc(C(N)=O)c(OCc2csc(-c3ccccc3Cl)n2)c1. The third-order valence-electron chi connectivity index (χ3n) is 3.43. The molecule has 0 atom stereocenters. The van der Waals surface area contributed by atoms with E-state index in [9.17, 15) is 4.79 Å². The van der Waals surface area contributed by atoms with Gasteiger partial charge < -0.3 is 10.5 Å². The van der Waals surface area contributed by atoms with Gasteiger partial charge >= 0.3 is 0 Å². The Kier molecular flexibility index (Phi) is 4.83. The fourth-order valence-corrected chi connectivity index (χ4v) is 3.36. The molecule has 0 radical (unpaired) electrons. The predicted octanol–water partition coefficient (Wildman–Crippen LogP) is 4.45. The van der Waals surface area contributed by atoms with Gasteiger partial charge in [-0.15, -0.1) is 11.3 Å². The molecule has 4 nitrogen and oxygen atoms in total. The molecule has 1 aromatic heterocycles. The van der Waals surface area contributed by atoms with Crippen molar-refractivity contribution in [3.05, 3.63) is 69.7 Å². The zero-order valence-corrected chi connectivity index (χ0v) is 14.5. The number of aromatic nitrogens is 1. The first-order valence-electron chi connectivity index (χ1n) is 7.27. The molecule has 24 heavy (non-hydrogen) atoms. The molecular weight excluding hydrogens is 344 g/mol. The molecule has 0 bridgehead atoms. The Morgan fingerprint density at radius 1 is 1.29 bits per heavy atom. The van der Waals surface area contributed by atoms with Crippen LogP contribution in [0.25, 0.3) is 10.6 Å². The summed E-state index contributed by atoms with van der Waals surface area (Å²) >= 11 is 7.70. The topological polar surface area (TPSA) is 65.2 Å². The lowest BCUT2D eigenvalue weighted by molar-refractivity contribution is 0.0996. The van der Waals surface area contributed by atoms with Crippen LogP contribution in [0.1, 0.15) is 21.6 Å². The van der Waals surface area contributed by atoms with E-state index in [0.717, 1.165) is 21.8 Å². The second kappa shape index (κ2) is 7.03. The summed E-state index contributed by atoms with van der Waals surface area (Å²) in [6, 6.07) is 12.9. The van der Waals surface area contributed by atoms with Gasteiger partial charge in [0.1, 0.15) is 17.4 Å². The van der Waals surface area contributed by atoms with Crippen molar-refractivity contribution >= 4 is 28.8 Å². The Hall–Kier alpha value is -2.37. The van der Waals surface area contributed by atoms with E-state index in [-0.39, 0.29) is 6.61 Å². The number of nitrogens with zero attached hydrogens (tertiary/aromatic N) is 1. The van der Waals surface area contributed by atoms with Crippen LogP contribution < -0.4 is 10.5 Å². The summed E-state index contributed by atoms with van der Waals surface area (Å²) in [7, 11) is 0. The van der Waals surface area contributed by atoms with Crippen LogP contribution in [-0.2, 0) is 6.61 Å². The highest BCUT2D eigenvalue weighted by Crippen LogP contribution is 2.30. The summed E-state index contributed by atoms with van der Waals surface area (Å²) in [5, 5.41) is 3.41. The fraction of sp³-hybridized carbons (Fsp3) is 0.111. The van der Waals surface area contributed by atoms with E-state index in [4.69, 9.17) is 22.1 Å². The molecule has 0 unspecified atom stereocenters. The highest BCUT2D eigenvalue weighted by molar-refractivity contribution is 7.13. The molecule has 122 valence electrons. The Bertz CT molecular complexity index is 892. The van der Waals surface area contributed by atoms with Crippen molar-refractivity contribution in [1.29, 1.82) is 0 Å². The molecule has 0 aliphatic rings. The average Bonchev–Trinajstić information content (AvgIpc) is 3.02. The number of ether oxygens (including phenoxy) is 1. The summed E-state index contributed by atoms with van der Waals surface area (Å²) in [5.74, 6) is -0.0465. The lowest BCUT2D eigenvalue weighted by atomic mass is 10.1. The molecular formula is C18H15ClN2O2S. The van der Waals surface area contributed by atoms with Crippen molar-refractivity contribution in [3.8, 4) is 16.3 Å². The van der Waals surface area contributed by atoms with Gasteiger partial charge in [-0.3, -0.25) is 4.79 Å². The molecule has 2 N–H and O–H groups in total. The monoisotopic (exact) mass is 358 g/mol. The number of aryl methyl sites for hydroxylation is 1. The van der Waals surface area contributed by atoms with Gasteiger partial charge in [0.15, 0.2) is 0 Å². The lowest BCUT2D eigenvalue weighted by Crippen LogP contribution is -2.13. The molecule has 6 heteroatoms. The Labute approximate surface area is 148 Å². The van der Waals surface area contributed by atoms with Crippen LogP contribution in [0.15, 0.2) is 47.8 Å². The van der Waals surface area contributed by atoms with Crippen LogP contribution in [0.3, 0.4) is 0 Å². The maximum Gasteiger partial charge on any atom is 0.252 e. The van der Waals surface area contributed by atoms with Crippen LogP contribution >= 0.6 is 22.9 Å². The van der Waals surface area contributed by atoms with Gasteiger partial charge in [0.25, 0.3) is 5.91 Å². The predicted molar refractivity (Wildman–Crippen MR) is 96.6 cm³/mol. The average molecular weight is 359 g/mol. The first kappa shape index (κ1) is 16.5. The van der Waals surface area contributed by atoms with Gasteiger partial charge in [-0.1, -0.05) is 35.9 Å². The van der Waals surface area contributed by atoms with Gasteiger partial charge in [0.2, 0.25) is 0 Å². The van der Waals surface area contributed by atoms with Crippen LogP contribution in [0, 0.1) is 6.92 Å². The van der Waals surface area contributed by atoms with E-state index in [1.165, 1.54) is 11.3 Å². The van der Waals surface area contributed by atoms with Gasteiger partial charge in [0.05, 0.1) is 16.3 Å². The van der Waals surface area contributed by atoms with Crippen molar-refractivity contribution in [1.82, 2.24) is 4.98 Å². The van der Waals surface area contributed by atoms with E-state index in [0.29, 0.717) is 16.3 Å². The maximum absolute atomic E-state index is 11.5. The molecule has 2 aromatic carbocycles.